The van der Waals surface area contributed by atoms with Gasteiger partial charge in [-0.3, -0.25) is 4.79 Å². The topological polar surface area (TPSA) is 63.8 Å². The average Bonchev–Trinajstić information content (AvgIpc) is 3.28. The number of halogens is 3. The van der Waals surface area contributed by atoms with Crippen LogP contribution in [0.4, 0.5) is 0 Å². The molecule has 5 aromatic rings. The third-order valence-corrected chi connectivity index (χ3v) is 7.19. The van der Waals surface area contributed by atoms with E-state index in [1.54, 1.807) is 12.3 Å². The molecule has 1 heterocycles. The number of benzene rings is 4. The van der Waals surface area contributed by atoms with Crippen molar-refractivity contribution in [1.82, 2.24) is 5.43 Å². The minimum Gasteiger partial charge on any atom is -0.488 e. The molecule has 0 aliphatic heterocycles. The standard InChI is InChI=1S/C27H17Br2IN2O3/c28-21-11-20-12-25(35-26(20)22(29)13-21)27(33)32-31-14-16-6-8-24(23(30)10-16)34-15-17-5-7-18-3-1-2-4-19(18)9-17/h1-14H,15H2,(H,32,33)/b31-14-. The largest absolute Gasteiger partial charge is 0.488 e. The lowest BCUT2D eigenvalue weighted by Gasteiger charge is -2.10. The number of furan rings is 1. The third kappa shape index (κ3) is 5.60. The van der Waals surface area contributed by atoms with E-state index >= 15 is 0 Å². The van der Waals surface area contributed by atoms with Crippen molar-refractivity contribution >= 4 is 88.3 Å². The lowest BCUT2D eigenvalue weighted by Crippen LogP contribution is -2.16. The Morgan fingerprint density at radius 1 is 0.971 bits per heavy atom. The second-order valence-electron chi connectivity index (χ2n) is 7.78. The van der Waals surface area contributed by atoms with Crippen molar-refractivity contribution in [3.05, 3.63) is 108 Å². The quantitative estimate of drug-likeness (QED) is 0.111. The summed E-state index contributed by atoms with van der Waals surface area (Å²) in [7, 11) is 0. The Morgan fingerprint density at radius 3 is 2.63 bits per heavy atom. The molecule has 0 saturated carbocycles. The van der Waals surface area contributed by atoms with Gasteiger partial charge in [-0.1, -0.05) is 52.3 Å². The first-order valence-corrected chi connectivity index (χ1v) is 13.2. The summed E-state index contributed by atoms with van der Waals surface area (Å²) in [6.07, 6.45) is 1.59. The van der Waals surface area contributed by atoms with Gasteiger partial charge in [-0.05, 0) is 103 Å². The number of hydrazone groups is 1. The molecule has 5 rings (SSSR count). The van der Waals surface area contributed by atoms with Gasteiger partial charge in [0, 0.05) is 9.86 Å². The predicted octanol–water partition coefficient (Wildman–Crippen LogP) is 8.06. The molecule has 5 nitrogen and oxygen atoms in total. The number of nitrogens with one attached hydrogen (secondary N) is 1. The molecule has 4 aromatic carbocycles. The molecule has 174 valence electrons. The Kier molecular flexibility index (Phi) is 7.22. The third-order valence-electron chi connectivity index (χ3n) is 5.30. The van der Waals surface area contributed by atoms with E-state index < -0.39 is 5.91 Å². The number of amides is 1. The van der Waals surface area contributed by atoms with Crippen molar-refractivity contribution < 1.29 is 13.9 Å². The fourth-order valence-corrected chi connectivity index (χ4v) is 5.65. The van der Waals surface area contributed by atoms with Gasteiger partial charge in [0.15, 0.2) is 5.76 Å². The van der Waals surface area contributed by atoms with Gasteiger partial charge in [-0.25, -0.2) is 5.43 Å². The molecule has 0 spiro atoms. The normalized spacial score (nSPS) is 11.4. The van der Waals surface area contributed by atoms with Gasteiger partial charge < -0.3 is 9.15 Å². The lowest BCUT2D eigenvalue weighted by atomic mass is 10.1. The predicted molar refractivity (Wildman–Crippen MR) is 154 cm³/mol. The molecule has 0 aliphatic rings. The molecule has 1 N–H and O–H groups in total. The number of carbonyl (C=O) groups is 1. The molecule has 0 aliphatic carbocycles. The molecule has 0 unspecified atom stereocenters. The molecular formula is C27H17Br2IN2O3. The summed E-state index contributed by atoms with van der Waals surface area (Å²) < 4.78 is 14.3. The van der Waals surface area contributed by atoms with E-state index in [0.29, 0.717) is 12.2 Å². The molecule has 8 heteroatoms. The molecule has 0 atom stereocenters. The Labute approximate surface area is 231 Å². The van der Waals surface area contributed by atoms with E-state index in [4.69, 9.17) is 9.15 Å². The van der Waals surface area contributed by atoms with Crippen LogP contribution in [0.3, 0.4) is 0 Å². The Morgan fingerprint density at radius 2 is 1.80 bits per heavy atom. The minimum absolute atomic E-state index is 0.183. The van der Waals surface area contributed by atoms with Crippen LogP contribution in [0, 0.1) is 3.57 Å². The summed E-state index contributed by atoms with van der Waals surface area (Å²) in [5.41, 5.74) is 5.07. The number of hydrogen-bond donors (Lipinski definition) is 1. The average molecular weight is 704 g/mol. The maximum absolute atomic E-state index is 12.5. The van der Waals surface area contributed by atoms with Crippen LogP contribution in [0.1, 0.15) is 21.7 Å². The molecule has 0 bridgehead atoms. The highest BCUT2D eigenvalue weighted by Gasteiger charge is 2.14. The van der Waals surface area contributed by atoms with E-state index in [2.05, 4.69) is 95.3 Å². The SMILES string of the molecule is O=C(N/N=C\c1ccc(OCc2ccc3ccccc3c2)c(I)c1)c1cc2cc(Br)cc(Br)c2o1. The van der Waals surface area contributed by atoms with Crippen LogP contribution in [0.15, 0.2) is 97.3 Å². The summed E-state index contributed by atoms with van der Waals surface area (Å²) in [6, 6.07) is 25.8. The smallest absolute Gasteiger partial charge is 0.307 e. The summed E-state index contributed by atoms with van der Waals surface area (Å²) >= 11 is 9.11. The van der Waals surface area contributed by atoms with E-state index in [9.17, 15) is 4.79 Å². The maximum Gasteiger partial charge on any atom is 0.307 e. The van der Waals surface area contributed by atoms with Crippen molar-refractivity contribution in [3.63, 3.8) is 0 Å². The number of ether oxygens (including phenoxy) is 1. The number of rotatable bonds is 6. The summed E-state index contributed by atoms with van der Waals surface area (Å²) in [4.78, 5) is 12.5. The molecular weight excluding hydrogens is 687 g/mol. The molecule has 0 saturated heterocycles. The fourth-order valence-electron chi connectivity index (χ4n) is 3.61. The number of hydrogen-bond acceptors (Lipinski definition) is 4. The van der Waals surface area contributed by atoms with Crippen LogP contribution in [-0.2, 0) is 6.61 Å². The molecule has 0 radical (unpaired) electrons. The van der Waals surface area contributed by atoms with Gasteiger partial charge in [-0.2, -0.15) is 5.10 Å². The second kappa shape index (κ2) is 10.5. The minimum atomic E-state index is -0.425. The van der Waals surface area contributed by atoms with Crippen molar-refractivity contribution in [2.45, 2.75) is 6.61 Å². The van der Waals surface area contributed by atoms with Crippen LogP contribution >= 0.6 is 54.5 Å². The summed E-state index contributed by atoms with van der Waals surface area (Å²) in [5, 5.41) is 7.29. The van der Waals surface area contributed by atoms with E-state index in [1.165, 1.54) is 10.8 Å². The highest BCUT2D eigenvalue weighted by Crippen LogP contribution is 2.31. The van der Waals surface area contributed by atoms with Crippen LogP contribution < -0.4 is 10.2 Å². The Balaban J connectivity index is 1.21. The summed E-state index contributed by atoms with van der Waals surface area (Å²) in [6.45, 7) is 0.481. The zero-order valence-electron chi connectivity index (χ0n) is 18.1. The van der Waals surface area contributed by atoms with Gasteiger partial charge >= 0.3 is 5.91 Å². The van der Waals surface area contributed by atoms with E-state index in [1.807, 2.05) is 42.5 Å². The molecule has 1 amide bonds. The molecule has 1 aromatic heterocycles. The Hall–Kier alpha value is -2.69. The van der Waals surface area contributed by atoms with Crippen LogP contribution in [0.2, 0.25) is 0 Å². The van der Waals surface area contributed by atoms with Gasteiger partial charge in [-0.15, -0.1) is 0 Å². The molecule has 0 fully saturated rings. The van der Waals surface area contributed by atoms with Crippen molar-refractivity contribution in [2.75, 3.05) is 0 Å². The maximum atomic E-state index is 12.5. The van der Waals surface area contributed by atoms with Gasteiger partial charge in [0.2, 0.25) is 0 Å². The molecule has 35 heavy (non-hydrogen) atoms. The first-order chi connectivity index (χ1) is 17.0. The first-order valence-electron chi connectivity index (χ1n) is 10.6. The first kappa shape index (κ1) is 24.0. The highest BCUT2D eigenvalue weighted by molar-refractivity contribution is 14.1. The van der Waals surface area contributed by atoms with Crippen molar-refractivity contribution in [1.29, 1.82) is 0 Å². The fraction of sp³-hybridized carbons (Fsp3) is 0.0370. The zero-order valence-corrected chi connectivity index (χ0v) is 23.4. The van der Waals surface area contributed by atoms with Crippen LogP contribution in [0.25, 0.3) is 21.7 Å². The Bertz CT molecular complexity index is 1600. The highest BCUT2D eigenvalue weighted by atomic mass is 127. The van der Waals surface area contributed by atoms with Crippen molar-refractivity contribution in [3.8, 4) is 5.75 Å². The van der Waals surface area contributed by atoms with Crippen LogP contribution in [0.5, 0.6) is 5.75 Å². The summed E-state index contributed by atoms with van der Waals surface area (Å²) in [5.74, 6) is 0.549. The van der Waals surface area contributed by atoms with E-state index in [0.717, 1.165) is 34.8 Å². The van der Waals surface area contributed by atoms with Crippen LogP contribution in [-0.4, -0.2) is 12.1 Å². The second-order valence-corrected chi connectivity index (χ2v) is 10.7. The van der Waals surface area contributed by atoms with E-state index in [-0.39, 0.29) is 5.76 Å². The van der Waals surface area contributed by atoms with Gasteiger partial charge in [0.1, 0.15) is 17.9 Å². The van der Waals surface area contributed by atoms with Gasteiger partial charge in [0.05, 0.1) is 14.3 Å². The lowest BCUT2D eigenvalue weighted by molar-refractivity contribution is 0.0929. The van der Waals surface area contributed by atoms with Crippen molar-refractivity contribution in [2.24, 2.45) is 5.10 Å². The number of nitrogens with zero attached hydrogens (tertiary/aromatic N) is 1. The monoisotopic (exact) mass is 702 g/mol. The number of fused-ring (bicyclic) bond motifs is 2. The number of carbonyl (C=O) groups excluding carboxylic acids is 1. The zero-order chi connectivity index (χ0) is 24.4. The van der Waals surface area contributed by atoms with Gasteiger partial charge in [0.25, 0.3) is 0 Å².